The number of thiol groups is 1. The summed E-state index contributed by atoms with van der Waals surface area (Å²) in [6, 6.07) is 2.08. The van der Waals surface area contributed by atoms with Crippen molar-refractivity contribution in [1.29, 1.82) is 0 Å². The zero-order chi connectivity index (χ0) is 11.3. The fourth-order valence-electron chi connectivity index (χ4n) is 1.17. The van der Waals surface area contributed by atoms with Crippen LogP contribution in [0.25, 0.3) is 0 Å². The van der Waals surface area contributed by atoms with Gasteiger partial charge in [0.1, 0.15) is 0 Å². The van der Waals surface area contributed by atoms with Gasteiger partial charge in [0, 0.05) is 6.54 Å². The molecule has 1 unspecified atom stereocenters. The number of rotatable bonds is 5. The average molecular weight is 243 g/mol. The van der Waals surface area contributed by atoms with Crippen LogP contribution in [0.5, 0.6) is 0 Å². The fraction of sp³-hybridized carbons (Fsp3) is 0.545. The molecule has 0 saturated heterocycles. The SMILES string of the molecule is CC(C)C(S)C(=O)NCCc1ccsc1. The van der Waals surface area contributed by atoms with Crippen LogP contribution in [0.15, 0.2) is 16.8 Å². The lowest BCUT2D eigenvalue weighted by Gasteiger charge is -2.14. The van der Waals surface area contributed by atoms with Gasteiger partial charge in [0.05, 0.1) is 5.25 Å². The van der Waals surface area contributed by atoms with E-state index in [-0.39, 0.29) is 17.1 Å². The van der Waals surface area contributed by atoms with Crippen LogP contribution in [0.1, 0.15) is 19.4 Å². The van der Waals surface area contributed by atoms with E-state index >= 15 is 0 Å². The Hall–Kier alpha value is -0.480. The van der Waals surface area contributed by atoms with Crippen molar-refractivity contribution in [2.45, 2.75) is 25.5 Å². The Balaban J connectivity index is 2.23. The van der Waals surface area contributed by atoms with Gasteiger partial charge >= 0.3 is 0 Å². The van der Waals surface area contributed by atoms with E-state index in [4.69, 9.17) is 0 Å². The molecule has 0 aliphatic rings. The van der Waals surface area contributed by atoms with E-state index in [9.17, 15) is 4.79 Å². The number of nitrogens with one attached hydrogen (secondary N) is 1. The van der Waals surface area contributed by atoms with Crippen LogP contribution < -0.4 is 5.32 Å². The van der Waals surface area contributed by atoms with Gasteiger partial charge < -0.3 is 5.32 Å². The Kier molecular flexibility index (Phi) is 5.19. The van der Waals surface area contributed by atoms with Gasteiger partial charge in [0.15, 0.2) is 0 Å². The van der Waals surface area contributed by atoms with E-state index < -0.39 is 0 Å². The van der Waals surface area contributed by atoms with Crippen molar-refractivity contribution < 1.29 is 4.79 Å². The highest BCUT2D eigenvalue weighted by Crippen LogP contribution is 2.09. The van der Waals surface area contributed by atoms with E-state index in [1.807, 2.05) is 19.2 Å². The molecule has 0 spiro atoms. The topological polar surface area (TPSA) is 29.1 Å². The van der Waals surface area contributed by atoms with Gasteiger partial charge in [-0.15, -0.1) is 0 Å². The summed E-state index contributed by atoms with van der Waals surface area (Å²) in [5.74, 6) is 0.304. The summed E-state index contributed by atoms with van der Waals surface area (Å²) in [5.41, 5.74) is 1.28. The van der Waals surface area contributed by atoms with Crippen molar-refractivity contribution in [1.82, 2.24) is 5.32 Å². The standard InChI is InChI=1S/C11H17NOS2/c1-8(2)10(14)11(13)12-5-3-9-4-6-15-7-9/h4,6-8,10,14H,3,5H2,1-2H3,(H,12,13). The summed E-state index contributed by atoms with van der Waals surface area (Å²) in [7, 11) is 0. The van der Waals surface area contributed by atoms with Gasteiger partial charge in [-0.25, -0.2) is 0 Å². The maximum atomic E-state index is 11.5. The molecule has 1 heterocycles. The molecule has 0 saturated carbocycles. The minimum absolute atomic E-state index is 0.0311. The molecule has 1 rings (SSSR count). The van der Waals surface area contributed by atoms with Gasteiger partial charge in [-0.1, -0.05) is 13.8 Å². The molecule has 1 amide bonds. The van der Waals surface area contributed by atoms with Gasteiger partial charge in [-0.05, 0) is 34.7 Å². The monoisotopic (exact) mass is 243 g/mol. The van der Waals surface area contributed by atoms with Crippen molar-refractivity contribution in [2.24, 2.45) is 5.92 Å². The summed E-state index contributed by atoms with van der Waals surface area (Å²) in [5, 5.41) is 6.84. The number of hydrogen-bond acceptors (Lipinski definition) is 3. The quantitative estimate of drug-likeness (QED) is 0.764. The molecule has 1 atom stereocenters. The zero-order valence-electron chi connectivity index (χ0n) is 9.06. The Morgan fingerprint density at radius 3 is 2.87 bits per heavy atom. The van der Waals surface area contributed by atoms with E-state index in [1.165, 1.54) is 5.56 Å². The third-order valence-corrected chi connectivity index (χ3v) is 3.76. The van der Waals surface area contributed by atoms with Crippen molar-refractivity contribution in [2.75, 3.05) is 6.54 Å². The molecule has 0 radical (unpaired) electrons. The van der Waals surface area contributed by atoms with Crippen LogP contribution in [0.3, 0.4) is 0 Å². The van der Waals surface area contributed by atoms with E-state index in [1.54, 1.807) is 11.3 Å². The van der Waals surface area contributed by atoms with Crippen molar-refractivity contribution in [3.8, 4) is 0 Å². The smallest absolute Gasteiger partial charge is 0.233 e. The van der Waals surface area contributed by atoms with Gasteiger partial charge in [-0.3, -0.25) is 4.79 Å². The highest BCUT2D eigenvalue weighted by molar-refractivity contribution is 7.81. The lowest BCUT2D eigenvalue weighted by molar-refractivity contribution is -0.121. The molecule has 2 nitrogen and oxygen atoms in total. The molecule has 0 aromatic carbocycles. The van der Waals surface area contributed by atoms with Crippen LogP contribution in [-0.4, -0.2) is 17.7 Å². The van der Waals surface area contributed by atoms with Gasteiger partial charge in [0.2, 0.25) is 5.91 Å². The molecule has 0 fully saturated rings. The Morgan fingerprint density at radius 1 is 1.60 bits per heavy atom. The number of hydrogen-bond donors (Lipinski definition) is 2. The molecular formula is C11H17NOS2. The van der Waals surface area contributed by atoms with E-state index in [0.29, 0.717) is 6.54 Å². The van der Waals surface area contributed by atoms with Crippen molar-refractivity contribution >= 4 is 29.9 Å². The second-order valence-electron chi connectivity index (χ2n) is 3.86. The summed E-state index contributed by atoms with van der Waals surface area (Å²) in [4.78, 5) is 11.5. The summed E-state index contributed by atoms with van der Waals surface area (Å²) < 4.78 is 0. The largest absolute Gasteiger partial charge is 0.355 e. The molecule has 0 aliphatic heterocycles. The van der Waals surface area contributed by atoms with Crippen LogP contribution in [0.2, 0.25) is 0 Å². The fourth-order valence-corrected chi connectivity index (χ4v) is 1.97. The molecule has 0 bridgehead atoms. The van der Waals surface area contributed by atoms with Crippen LogP contribution in [-0.2, 0) is 11.2 Å². The third kappa shape index (κ3) is 4.26. The molecule has 4 heteroatoms. The minimum atomic E-state index is -0.201. The summed E-state index contributed by atoms with van der Waals surface area (Å²) in [6.07, 6.45) is 0.897. The molecule has 84 valence electrons. The predicted octanol–water partition coefficient (Wildman–Crippen LogP) is 2.36. The first-order chi connectivity index (χ1) is 7.11. The first-order valence-corrected chi connectivity index (χ1v) is 6.54. The van der Waals surface area contributed by atoms with Gasteiger partial charge in [0.25, 0.3) is 0 Å². The lowest BCUT2D eigenvalue weighted by Crippen LogP contribution is -2.35. The van der Waals surface area contributed by atoms with Crippen molar-refractivity contribution in [3.05, 3.63) is 22.4 Å². The molecule has 15 heavy (non-hydrogen) atoms. The first kappa shape index (κ1) is 12.6. The second-order valence-corrected chi connectivity index (χ2v) is 5.20. The Labute approximate surface area is 100 Å². The summed E-state index contributed by atoms with van der Waals surface area (Å²) in [6.45, 7) is 4.69. The summed E-state index contributed by atoms with van der Waals surface area (Å²) >= 11 is 5.94. The van der Waals surface area contributed by atoms with Crippen LogP contribution in [0.4, 0.5) is 0 Å². The molecule has 0 aliphatic carbocycles. The molecule has 1 aromatic rings. The highest BCUT2D eigenvalue weighted by Gasteiger charge is 2.16. The lowest BCUT2D eigenvalue weighted by atomic mass is 10.1. The number of carbonyl (C=O) groups excluding carboxylic acids is 1. The van der Waals surface area contributed by atoms with Crippen LogP contribution >= 0.6 is 24.0 Å². The number of thiophene rings is 1. The Morgan fingerprint density at radius 2 is 2.33 bits per heavy atom. The van der Waals surface area contributed by atoms with E-state index in [0.717, 1.165) is 6.42 Å². The normalized spacial score (nSPS) is 12.8. The van der Waals surface area contributed by atoms with E-state index in [2.05, 4.69) is 29.4 Å². The zero-order valence-corrected chi connectivity index (χ0v) is 10.8. The molecular weight excluding hydrogens is 226 g/mol. The number of carbonyl (C=O) groups is 1. The molecule has 1 N–H and O–H groups in total. The maximum absolute atomic E-state index is 11.5. The second kappa shape index (κ2) is 6.18. The van der Waals surface area contributed by atoms with Gasteiger partial charge in [-0.2, -0.15) is 24.0 Å². The molecule has 1 aromatic heterocycles. The minimum Gasteiger partial charge on any atom is -0.355 e. The van der Waals surface area contributed by atoms with Crippen molar-refractivity contribution in [3.63, 3.8) is 0 Å². The average Bonchev–Trinajstić information content (AvgIpc) is 2.69. The number of amides is 1. The highest BCUT2D eigenvalue weighted by atomic mass is 32.1. The first-order valence-electron chi connectivity index (χ1n) is 5.08. The third-order valence-electron chi connectivity index (χ3n) is 2.19. The van der Waals surface area contributed by atoms with Crippen LogP contribution in [0, 0.1) is 5.92 Å². The predicted molar refractivity (Wildman–Crippen MR) is 68.6 cm³/mol. The maximum Gasteiger partial charge on any atom is 0.233 e. The Bertz CT molecular complexity index is 296.